The number of ketones is 1. The number of hydrogen-bond acceptors (Lipinski definition) is 2. The van der Waals surface area contributed by atoms with Crippen molar-refractivity contribution in [1.82, 2.24) is 0 Å². The van der Waals surface area contributed by atoms with Crippen LogP contribution in [0.25, 0.3) is 0 Å². The fourth-order valence-corrected chi connectivity index (χ4v) is 2.22. The highest BCUT2D eigenvalue weighted by atomic mass is 79.9. The number of carbonyl (C=O) groups excluding carboxylic acids is 1. The maximum atomic E-state index is 12.1. The predicted molar refractivity (Wildman–Crippen MR) is 84.5 cm³/mol. The minimum Gasteiger partial charge on any atom is -0.485 e. The summed E-state index contributed by atoms with van der Waals surface area (Å²) in [5.41, 5.74) is 1.78. The molecule has 0 atom stereocenters. The molecule has 0 N–H and O–H groups in total. The van der Waals surface area contributed by atoms with Gasteiger partial charge in [-0.2, -0.15) is 0 Å². The third-order valence-electron chi connectivity index (χ3n) is 3.07. The Morgan fingerprint density at radius 3 is 2.40 bits per heavy atom. The monoisotopic (exact) mass is 332 g/mol. The molecule has 0 unspecified atom stereocenters. The number of halogens is 1. The van der Waals surface area contributed by atoms with Crippen molar-refractivity contribution in [3.63, 3.8) is 0 Å². The smallest absolute Gasteiger partial charge is 0.200 e. The molecule has 0 spiro atoms. The average Bonchev–Trinajstić information content (AvgIpc) is 2.45. The van der Waals surface area contributed by atoms with Crippen molar-refractivity contribution in [3.05, 3.63) is 64.1 Å². The number of rotatable bonds is 5. The van der Waals surface area contributed by atoms with Crippen molar-refractivity contribution in [2.75, 3.05) is 6.61 Å². The van der Waals surface area contributed by atoms with Gasteiger partial charge in [0.25, 0.3) is 0 Å². The molecule has 2 rings (SSSR count). The zero-order valence-electron chi connectivity index (χ0n) is 11.6. The van der Waals surface area contributed by atoms with Crippen LogP contribution in [0, 0.1) is 0 Å². The van der Waals surface area contributed by atoms with Gasteiger partial charge < -0.3 is 4.74 Å². The van der Waals surface area contributed by atoms with Gasteiger partial charge >= 0.3 is 0 Å². The Labute approximate surface area is 127 Å². The van der Waals surface area contributed by atoms with Crippen molar-refractivity contribution in [2.45, 2.75) is 19.8 Å². The lowest BCUT2D eigenvalue weighted by Crippen LogP contribution is -2.12. The van der Waals surface area contributed by atoms with E-state index in [1.165, 1.54) is 0 Å². The van der Waals surface area contributed by atoms with E-state index in [4.69, 9.17) is 4.74 Å². The summed E-state index contributed by atoms with van der Waals surface area (Å²) in [6.07, 6.45) is 0. The summed E-state index contributed by atoms with van der Waals surface area (Å²) in [5, 5.41) is 0. The van der Waals surface area contributed by atoms with Crippen molar-refractivity contribution in [1.29, 1.82) is 0 Å². The van der Waals surface area contributed by atoms with Crippen LogP contribution in [-0.4, -0.2) is 12.4 Å². The summed E-state index contributed by atoms with van der Waals surface area (Å²) >= 11 is 3.35. The molecule has 0 amide bonds. The van der Waals surface area contributed by atoms with Gasteiger partial charge in [-0.25, -0.2) is 0 Å². The van der Waals surface area contributed by atoms with E-state index >= 15 is 0 Å². The van der Waals surface area contributed by atoms with Gasteiger partial charge in [0.15, 0.2) is 12.4 Å². The molecule has 0 heterocycles. The second-order valence-corrected chi connectivity index (χ2v) is 5.83. The Morgan fingerprint density at radius 1 is 1.10 bits per heavy atom. The molecular weight excluding hydrogens is 316 g/mol. The molecule has 3 heteroatoms. The standard InChI is InChI=1S/C17H17BrO2/c1-12(2)15-5-3-4-6-17(15)20-11-16(19)13-7-9-14(18)10-8-13/h3-10,12H,11H2,1-2H3. The van der Waals surface area contributed by atoms with Crippen LogP contribution in [0.4, 0.5) is 0 Å². The fourth-order valence-electron chi connectivity index (χ4n) is 1.95. The van der Waals surface area contributed by atoms with Crippen molar-refractivity contribution < 1.29 is 9.53 Å². The third-order valence-corrected chi connectivity index (χ3v) is 3.59. The van der Waals surface area contributed by atoms with Gasteiger partial charge in [-0.1, -0.05) is 60.1 Å². The fraction of sp³-hybridized carbons (Fsp3) is 0.235. The van der Waals surface area contributed by atoms with E-state index in [1.54, 1.807) is 12.1 Å². The quantitative estimate of drug-likeness (QED) is 0.732. The molecule has 2 aromatic carbocycles. The van der Waals surface area contributed by atoms with Crippen LogP contribution in [0.3, 0.4) is 0 Å². The highest BCUT2D eigenvalue weighted by molar-refractivity contribution is 9.10. The zero-order chi connectivity index (χ0) is 14.5. The van der Waals surface area contributed by atoms with Gasteiger partial charge in [-0.15, -0.1) is 0 Å². The molecule has 0 fully saturated rings. The minimum absolute atomic E-state index is 0.0175. The number of hydrogen-bond donors (Lipinski definition) is 0. The van der Waals surface area contributed by atoms with Gasteiger partial charge in [0.05, 0.1) is 0 Å². The van der Waals surface area contributed by atoms with Gasteiger partial charge in [0.1, 0.15) is 5.75 Å². The summed E-state index contributed by atoms with van der Waals surface area (Å²) in [4.78, 5) is 12.1. The Hall–Kier alpha value is -1.61. The molecule has 0 bridgehead atoms. The summed E-state index contributed by atoms with van der Waals surface area (Å²) < 4.78 is 6.64. The highest BCUT2D eigenvalue weighted by Gasteiger charge is 2.10. The van der Waals surface area contributed by atoms with Crippen LogP contribution in [0.5, 0.6) is 5.75 Å². The number of benzene rings is 2. The first-order valence-electron chi connectivity index (χ1n) is 6.58. The Morgan fingerprint density at radius 2 is 1.75 bits per heavy atom. The first-order chi connectivity index (χ1) is 9.58. The molecule has 2 nitrogen and oxygen atoms in total. The number of carbonyl (C=O) groups is 1. The largest absolute Gasteiger partial charge is 0.485 e. The van der Waals surface area contributed by atoms with Crippen molar-refractivity contribution in [3.8, 4) is 5.75 Å². The molecule has 20 heavy (non-hydrogen) atoms. The molecule has 0 aliphatic heterocycles. The lowest BCUT2D eigenvalue weighted by atomic mass is 10.0. The third kappa shape index (κ3) is 3.70. The Balaban J connectivity index is 2.05. The molecule has 0 saturated carbocycles. The van der Waals surface area contributed by atoms with E-state index in [0.29, 0.717) is 11.5 Å². The Bertz CT molecular complexity index is 588. The van der Waals surface area contributed by atoms with Crippen molar-refractivity contribution >= 4 is 21.7 Å². The first-order valence-corrected chi connectivity index (χ1v) is 7.37. The zero-order valence-corrected chi connectivity index (χ0v) is 13.2. The minimum atomic E-state index is -0.0175. The van der Waals surface area contributed by atoms with Crippen LogP contribution in [-0.2, 0) is 0 Å². The van der Waals surface area contributed by atoms with Crippen LogP contribution >= 0.6 is 15.9 Å². The molecule has 0 aliphatic rings. The van der Waals surface area contributed by atoms with Crippen molar-refractivity contribution in [2.24, 2.45) is 0 Å². The molecule has 0 aliphatic carbocycles. The lowest BCUT2D eigenvalue weighted by molar-refractivity contribution is 0.0920. The number of ether oxygens (including phenoxy) is 1. The highest BCUT2D eigenvalue weighted by Crippen LogP contribution is 2.25. The topological polar surface area (TPSA) is 26.3 Å². The maximum Gasteiger partial charge on any atom is 0.200 e. The number of para-hydroxylation sites is 1. The summed E-state index contributed by atoms with van der Waals surface area (Å²) in [6, 6.07) is 15.2. The normalized spacial score (nSPS) is 10.6. The molecule has 2 aromatic rings. The van der Waals surface area contributed by atoms with E-state index in [-0.39, 0.29) is 12.4 Å². The predicted octanol–water partition coefficient (Wildman–Crippen LogP) is 4.83. The van der Waals surface area contributed by atoms with Crippen LogP contribution in [0.1, 0.15) is 35.7 Å². The molecule has 0 radical (unpaired) electrons. The molecular formula is C17H17BrO2. The number of Topliss-reactive ketones (excluding diaryl/α,β-unsaturated/α-hetero) is 1. The lowest BCUT2D eigenvalue weighted by Gasteiger charge is -2.13. The van der Waals surface area contributed by atoms with Crippen LogP contribution < -0.4 is 4.74 Å². The van der Waals surface area contributed by atoms with E-state index < -0.39 is 0 Å². The van der Waals surface area contributed by atoms with Gasteiger partial charge in [-0.3, -0.25) is 4.79 Å². The molecule has 104 valence electrons. The second-order valence-electron chi connectivity index (χ2n) is 4.91. The van der Waals surface area contributed by atoms with Gasteiger partial charge in [0, 0.05) is 10.0 Å². The van der Waals surface area contributed by atoms with E-state index in [2.05, 4.69) is 29.8 Å². The first kappa shape index (κ1) is 14.8. The molecule has 0 aromatic heterocycles. The summed E-state index contributed by atoms with van der Waals surface area (Å²) in [7, 11) is 0. The van der Waals surface area contributed by atoms with Crippen LogP contribution in [0.15, 0.2) is 53.0 Å². The van der Waals surface area contributed by atoms with E-state index in [0.717, 1.165) is 15.8 Å². The maximum absolute atomic E-state index is 12.1. The Kier molecular flexibility index (Phi) is 4.96. The summed E-state index contributed by atoms with van der Waals surface area (Å²) in [6.45, 7) is 4.28. The second kappa shape index (κ2) is 6.71. The van der Waals surface area contributed by atoms with Gasteiger partial charge in [-0.05, 0) is 29.7 Å². The van der Waals surface area contributed by atoms with Crippen LogP contribution in [0.2, 0.25) is 0 Å². The summed E-state index contributed by atoms with van der Waals surface area (Å²) in [5.74, 6) is 1.14. The average molecular weight is 333 g/mol. The van der Waals surface area contributed by atoms with E-state index in [1.807, 2.05) is 36.4 Å². The van der Waals surface area contributed by atoms with Gasteiger partial charge in [0.2, 0.25) is 0 Å². The van der Waals surface area contributed by atoms with E-state index in [9.17, 15) is 4.79 Å². The SMILES string of the molecule is CC(C)c1ccccc1OCC(=O)c1ccc(Br)cc1. The molecule has 0 saturated heterocycles.